The maximum absolute atomic E-state index is 8.33. The lowest BCUT2D eigenvalue weighted by Crippen LogP contribution is -2.85. The molecular formula is C18H45ClSi4. The topological polar surface area (TPSA) is 0 Å². The molecule has 0 radical (unpaired) electrons. The second kappa shape index (κ2) is 9.74. The van der Waals surface area contributed by atoms with Gasteiger partial charge in [0, 0.05) is 0 Å². The van der Waals surface area contributed by atoms with Gasteiger partial charge in [0.2, 0.25) is 0 Å². The molecule has 0 nitrogen and oxygen atoms in total. The second-order valence-electron chi connectivity index (χ2n) is 7.68. The van der Waals surface area contributed by atoms with Gasteiger partial charge >= 0.3 is 0 Å². The summed E-state index contributed by atoms with van der Waals surface area (Å²) in [6.45, 7) is 22.7. The van der Waals surface area contributed by atoms with Gasteiger partial charge < -0.3 is 0 Å². The zero-order valence-electron chi connectivity index (χ0n) is 17.7. The molecule has 0 aliphatic carbocycles. The van der Waals surface area contributed by atoms with Crippen molar-refractivity contribution in [2.45, 2.75) is 117 Å². The highest BCUT2D eigenvalue weighted by Crippen LogP contribution is 2.52. The third kappa shape index (κ3) is 3.41. The summed E-state index contributed by atoms with van der Waals surface area (Å²) in [5.41, 5.74) is 0. The van der Waals surface area contributed by atoms with Gasteiger partial charge in [-0.3, -0.25) is 0 Å². The molecule has 140 valence electrons. The van der Waals surface area contributed by atoms with E-state index in [2.05, 4.69) is 62.3 Å². The fraction of sp³-hybridized carbons (Fsp3) is 1.00. The van der Waals surface area contributed by atoms with Crippen LogP contribution in [0, 0.1) is 0 Å². The zero-order valence-corrected chi connectivity index (χ0v) is 22.5. The third-order valence-electron chi connectivity index (χ3n) is 8.28. The minimum Gasteiger partial charge on any atom is -0.177 e. The molecule has 0 unspecified atom stereocenters. The Labute approximate surface area is 156 Å². The van der Waals surface area contributed by atoms with Gasteiger partial charge in [0.15, 0.2) is 0 Å². The molecule has 0 spiro atoms. The lowest BCUT2D eigenvalue weighted by Gasteiger charge is -2.61. The van der Waals surface area contributed by atoms with Crippen LogP contribution in [-0.2, 0) is 0 Å². The molecule has 23 heavy (non-hydrogen) atoms. The molecule has 0 fully saturated rings. The quantitative estimate of drug-likeness (QED) is 0.227. The Morgan fingerprint density at radius 3 is 0.609 bits per heavy atom. The first kappa shape index (κ1) is 24.2. The first-order valence-electron chi connectivity index (χ1n) is 10.5. The van der Waals surface area contributed by atoms with Crippen molar-refractivity contribution in [1.29, 1.82) is 0 Å². The van der Waals surface area contributed by atoms with Crippen LogP contribution < -0.4 is 0 Å². The second-order valence-corrected chi connectivity index (χ2v) is 48.4. The molecule has 0 rings (SSSR count). The number of hydrogen-bond donors (Lipinski definition) is 0. The minimum atomic E-state index is -1.70. The maximum Gasteiger partial charge on any atom is 0.132 e. The third-order valence-corrected chi connectivity index (χ3v) is 87.0. The van der Waals surface area contributed by atoms with Gasteiger partial charge in [-0.05, 0) is 0 Å². The first-order chi connectivity index (χ1) is 10.8. The fourth-order valence-corrected chi connectivity index (χ4v) is 112. The Bertz CT molecular complexity index is 259. The summed E-state index contributed by atoms with van der Waals surface area (Å²) in [6, 6.07) is 13.1. The summed E-state index contributed by atoms with van der Waals surface area (Å²) in [4.78, 5) is 0. The summed E-state index contributed by atoms with van der Waals surface area (Å²) >= 11 is 8.33. The molecule has 0 amide bonds. The molecule has 0 N–H and O–H groups in total. The van der Waals surface area contributed by atoms with E-state index in [0.29, 0.717) is 0 Å². The Morgan fingerprint density at radius 2 is 0.522 bits per heavy atom. The average molecular weight is 409 g/mol. The molecule has 0 aromatic heterocycles. The molecule has 5 heteroatoms. The standard InChI is InChI=1S/C18H45ClSi4/c1-10-20(11-2,12-3)23(19,21(13-4,14-5)15-6)22(16-7,17-8)18-9/h10-18H2,1-9H3. The van der Waals surface area contributed by atoms with Crippen molar-refractivity contribution < 1.29 is 0 Å². The van der Waals surface area contributed by atoms with E-state index in [-0.39, 0.29) is 0 Å². The van der Waals surface area contributed by atoms with Gasteiger partial charge in [-0.15, -0.1) is 0 Å². The van der Waals surface area contributed by atoms with Crippen LogP contribution in [0.25, 0.3) is 0 Å². The predicted octanol–water partition coefficient (Wildman–Crippen LogP) is 7.93. The van der Waals surface area contributed by atoms with Crippen molar-refractivity contribution in [3.63, 3.8) is 0 Å². The number of rotatable bonds is 12. The normalized spacial score (nSPS) is 14.3. The summed E-state index contributed by atoms with van der Waals surface area (Å²) < 4.78 is 0. The maximum atomic E-state index is 8.33. The largest absolute Gasteiger partial charge is 0.177 e. The molecule has 0 bridgehead atoms. The summed E-state index contributed by atoms with van der Waals surface area (Å²) in [6.07, 6.45) is 0. The monoisotopic (exact) mass is 408 g/mol. The Morgan fingerprint density at radius 1 is 0.391 bits per heavy atom. The molecule has 0 atom stereocenters. The predicted molar refractivity (Wildman–Crippen MR) is 123 cm³/mol. The fourth-order valence-electron chi connectivity index (χ4n) is 6.13. The highest BCUT2D eigenvalue weighted by molar-refractivity contribution is 8.02. The molecule has 0 aliphatic heterocycles. The molecule has 0 aromatic carbocycles. The van der Waals surface area contributed by atoms with Crippen LogP contribution in [0.2, 0.25) is 54.4 Å². The number of hydrogen-bond acceptors (Lipinski definition) is 0. The van der Waals surface area contributed by atoms with Crippen molar-refractivity contribution in [2.75, 3.05) is 0 Å². The minimum absolute atomic E-state index is 1.34. The van der Waals surface area contributed by atoms with E-state index in [1.54, 1.807) is 0 Å². The van der Waals surface area contributed by atoms with E-state index in [1.165, 1.54) is 54.4 Å². The van der Waals surface area contributed by atoms with E-state index in [9.17, 15) is 0 Å². The molecule has 0 saturated heterocycles. The van der Waals surface area contributed by atoms with Gasteiger partial charge in [-0.2, -0.15) is 11.1 Å². The zero-order chi connectivity index (χ0) is 18.4. The van der Waals surface area contributed by atoms with Crippen LogP contribution in [0.15, 0.2) is 0 Å². The van der Waals surface area contributed by atoms with Crippen molar-refractivity contribution in [3.05, 3.63) is 0 Å². The molecule has 0 heterocycles. The van der Waals surface area contributed by atoms with Gasteiger partial charge in [-0.1, -0.05) is 117 Å². The van der Waals surface area contributed by atoms with Gasteiger partial charge in [0.1, 0.15) is 5.94 Å². The van der Waals surface area contributed by atoms with Crippen LogP contribution in [0.4, 0.5) is 0 Å². The van der Waals surface area contributed by atoms with Crippen LogP contribution in [-0.4, -0.2) is 28.7 Å². The van der Waals surface area contributed by atoms with E-state index < -0.39 is 28.7 Å². The first-order valence-corrected chi connectivity index (χ1v) is 24.4. The van der Waals surface area contributed by atoms with Crippen LogP contribution in [0.5, 0.6) is 0 Å². The van der Waals surface area contributed by atoms with E-state index in [4.69, 9.17) is 11.1 Å². The highest BCUT2D eigenvalue weighted by Gasteiger charge is 2.69. The summed E-state index contributed by atoms with van der Waals surface area (Å²) in [7, 11) is -4.02. The van der Waals surface area contributed by atoms with Crippen molar-refractivity contribution >= 4 is 39.8 Å². The summed E-state index contributed by atoms with van der Waals surface area (Å²) in [5.74, 6) is -1.70. The van der Waals surface area contributed by atoms with Gasteiger partial charge in [-0.25, -0.2) is 0 Å². The number of halogens is 1. The van der Waals surface area contributed by atoms with Crippen LogP contribution >= 0.6 is 11.1 Å². The van der Waals surface area contributed by atoms with Gasteiger partial charge in [0.25, 0.3) is 0 Å². The summed E-state index contributed by atoms with van der Waals surface area (Å²) in [5, 5.41) is 0. The molecule has 0 aromatic rings. The van der Waals surface area contributed by atoms with Crippen LogP contribution in [0.3, 0.4) is 0 Å². The average Bonchev–Trinajstić information content (AvgIpc) is 2.61. The van der Waals surface area contributed by atoms with Crippen molar-refractivity contribution in [2.24, 2.45) is 0 Å². The van der Waals surface area contributed by atoms with Crippen LogP contribution in [0.1, 0.15) is 62.3 Å². The Balaban J connectivity index is 6.86. The Kier molecular flexibility index (Phi) is 10.2. The molecular weight excluding hydrogens is 364 g/mol. The molecule has 0 aliphatic rings. The lowest BCUT2D eigenvalue weighted by molar-refractivity contribution is 1.17. The van der Waals surface area contributed by atoms with E-state index >= 15 is 0 Å². The smallest absolute Gasteiger partial charge is 0.132 e. The SMILES string of the molecule is CC[Si](CC)(CC)[Si](Cl)([Si](CC)(CC)CC)[Si](CC)(CC)CC. The lowest BCUT2D eigenvalue weighted by atomic mass is 10.9. The van der Waals surface area contributed by atoms with E-state index in [1.807, 2.05) is 0 Å². The van der Waals surface area contributed by atoms with Gasteiger partial charge in [0.05, 0.1) is 22.8 Å². The Hall–Kier alpha value is 1.16. The van der Waals surface area contributed by atoms with Crippen molar-refractivity contribution in [1.82, 2.24) is 0 Å². The highest BCUT2D eigenvalue weighted by atomic mass is 35.6. The van der Waals surface area contributed by atoms with Crippen molar-refractivity contribution in [3.8, 4) is 0 Å². The van der Waals surface area contributed by atoms with E-state index in [0.717, 1.165) is 0 Å². The molecule has 0 saturated carbocycles.